The Morgan fingerprint density at radius 3 is 2.62 bits per heavy atom. The maximum absolute atomic E-state index is 11.4. The lowest BCUT2D eigenvalue weighted by molar-refractivity contribution is -0.147. The van der Waals surface area contributed by atoms with Crippen LogP contribution in [0.3, 0.4) is 0 Å². The van der Waals surface area contributed by atoms with E-state index >= 15 is 0 Å². The number of carbonyl (C=O) groups is 1. The highest BCUT2D eigenvalue weighted by Crippen LogP contribution is 2.16. The highest BCUT2D eigenvalue weighted by molar-refractivity contribution is 6.31. The highest BCUT2D eigenvalue weighted by atomic mass is 35.5. The van der Waals surface area contributed by atoms with Gasteiger partial charge in [-0.05, 0) is 25.5 Å². The van der Waals surface area contributed by atoms with E-state index in [9.17, 15) is 4.79 Å². The fourth-order valence-corrected chi connectivity index (χ4v) is 1.49. The lowest BCUT2D eigenvalue weighted by atomic mass is 10.1. The van der Waals surface area contributed by atoms with Crippen molar-refractivity contribution in [1.82, 2.24) is 5.32 Å². The van der Waals surface area contributed by atoms with Gasteiger partial charge in [0.05, 0.1) is 7.11 Å². The number of nitrogens with one attached hydrogen (secondary N) is 1. The fourth-order valence-electron chi connectivity index (χ4n) is 1.29. The second-order valence-electron chi connectivity index (χ2n) is 4.06. The number of rotatable bonds is 4. The highest BCUT2D eigenvalue weighted by Gasteiger charge is 2.27. The van der Waals surface area contributed by atoms with Crippen LogP contribution >= 0.6 is 11.6 Å². The maximum Gasteiger partial charge on any atom is 0.325 e. The molecular formula is C12H16ClNO2. The van der Waals surface area contributed by atoms with Gasteiger partial charge in [0.25, 0.3) is 0 Å². The molecule has 88 valence electrons. The van der Waals surface area contributed by atoms with Gasteiger partial charge in [0.2, 0.25) is 0 Å². The van der Waals surface area contributed by atoms with E-state index in [1.54, 1.807) is 13.8 Å². The second-order valence-corrected chi connectivity index (χ2v) is 4.47. The van der Waals surface area contributed by atoms with Crippen LogP contribution in [0.1, 0.15) is 19.4 Å². The molecule has 0 aliphatic carbocycles. The fraction of sp³-hybridized carbons (Fsp3) is 0.417. The predicted octanol–water partition coefficient (Wildman–Crippen LogP) is 2.38. The normalized spacial score (nSPS) is 11.2. The number of esters is 1. The van der Waals surface area contributed by atoms with Crippen molar-refractivity contribution >= 4 is 17.6 Å². The summed E-state index contributed by atoms with van der Waals surface area (Å²) in [5, 5.41) is 3.80. The van der Waals surface area contributed by atoms with Gasteiger partial charge in [0, 0.05) is 11.6 Å². The number of ether oxygens (including phenoxy) is 1. The van der Waals surface area contributed by atoms with Crippen LogP contribution in [0.15, 0.2) is 24.3 Å². The predicted molar refractivity (Wildman–Crippen MR) is 64.4 cm³/mol. The first-order valence-electron chi connectivity index (χ1n) is 5.04. The van der Waals surface area contributed by atoms with Crippen LogP contribution in [0.4, 0.5) is 0 Å². The van der Waals surface area contributed by atoms with Crippen molar-refractivity contribution in [2.24, 2.45) is 0 Å². The Kier molecular flexibility index (Phi) is 4.33. The second kappa shape index (κ2) is 5.32. The topological polar surface area (TPSA) is 38.3 Å². The number of hydrogen-bond acceptors (Lipinski definition) is 3. The Bertz CT molecular complexity index is 377. The third-order valence-corrected chi connectivity index (χ3v) is 2.74. The molecule has 0 aliphatic heterocycles. The molecule has 0 radical (unpaired) electrons. The van der Waals surface area contributed by atoms with Crippen molar-refractivity contribution in [3.8, 4) is 0 Å². The Labute approximate surface area is 101 Å². The van der Waals surface area contributed by atoms with E-state index in [0.29, 0.717) is 11.6 Å². The van der Waals surface area contributed by atoms with Crippen LogP contribution in [-0.4, -0.2) is 18.6 Å². The smallest absolute Gasteiger partial charge is 0.325 e. The average Bonchev–Trinajstić information content (AvgIpc) is 2.27. The maximum atomic E-state index is 11.4. The molecule has 0 amide bonds. The van der Waals surface area contributed by atoms with Crippen LogP contribution in [0.2, 0.25) is 5.02 Å². The minimum atomic E-state index is -0.714. The zero-order valence-electron chi connectivity index (χ0n) is 9.71. The molecule has 0 aromatic heterocycles. The first-order valence-corrected chi connectivity index (χ1v) is 5.42. The van der Waals surface area contributed by atoms with E-state index in [1.807, 2.05) is 24.3 Å². The minimum absolute atomic E-state index is 0.292. The standard InChI is InChI=1S/C12H16ClNO2/c1-12(2,11(15)16-3)14-8-9-6-4-5-7-10(9)13/h4-7,14H,8H2,1-3H3. The summed E-state index contributed by atoms with van der Waals surface area (Å²) in [5.74, 6) is -0.292. The van der Waals surface area contributed by atoms with Crippen molar-refractivity contribution in [3.05, 3.63) is 34.9 Å². The van der Waals surface area contributed by atoms with Crippen LogP contribution in [0.25, 0.3) is 0 Å². The number of halogens is 1. The molecule has 0 saturated heterocycles. The van der Waals surface area contributed by atoms with Crippen molar-refractivity contribution in [2.45, 2.75) is 25.9 Å². The van der Waals surface area contributed by atoms with Crippen LogP contribution in [-0.2, 0) is 16.1 Å². The molecule has 0 unspecified atom stereocenters. The number of methoxy groups -OCH3 is 1. The van der Waals surface area contributed by atoms with Gasteiger partial charge in [-0.1, -0.05) is 29.8 Å². The molecule has 1 rings (SSSR count). The van der Waals surface area contributed by atoms with Gasteiger partial charge in [0.1, 0.15) is 5.54 Å². The molecule has 0 bridgehead atoms. The number of carbonyl (C=O) groups excluding carboxylic acids is 1. The Morgan fingerprint density at radius 2 is 2.06 bits per heavy atom. The molecule has 16 heavy (non-hydrogen) atoms. The molecule has 1 aromatic carbocycles. The summed E-state index contributed by atoms with van der Waals surface area (Å²) in [6.45, 7) is 4.08. The summed E-state index contributed by atoms with van der Waals surface area (Å²) in [6, 6.07) is 7.53. The van der Waals surface area contributed by atoms with Gasteiger partial charge < -0.3 is 4.74 Å². The van der Waals surface area contributed by atoms with Gasteiger partial charge in [-0.25, -0.2) is 0 Å². The molecule has 3 nitrogen and oxygen atoms in total. The van der Waals surface area contributed by atoms with E-state index in [4.69, 9.17) is 16.3 Å². The molecular weight excluding hydrogens is 226 g/mol. The van der Waals surface area contributed by atoms with Gasteiger partial charge in [-0.15, -0.1) is 0 Å². The zero-order chi connectivity index (χ0) is 12.2. The van der Waals surface area contributed by atoms with Crippen molar-refractivity contribution in [2.75, 3.05) is 7.11 Å². The SMILES string of the molecule is COC(=O)C(C)(C)NCc1ccccc1Cl. The number of hydrogen-bond donors (Lipinski definition) is 1. The van der Waals surface area contributed by atoms with Gasteiger partial charge >= 0.3 is 5.97 Å². The largest absolute Gasteiger partial charge is 0.468 e. The average molecular weight is 242 g/mol. The molecule has 4 heteroatoms. The Hall–Kier alpha value is -1.06. The van der Waals surface area contributed by atoms with E-state index in [1.165, 1.54) is 7.11 Å². The third-order valence-electron chi connectivity index (χ3n) is 2.37. The van der Waals surface area contributed by atoms with Crippen molar-refractivity contribution in [1.29, 1.82) is 0 Å². The summed E-state index contributed by atoms with van der Waals surface area (Å²) in [4.78, 5) is 11.4. The molecule has 0 fully saturated rings. The van der Waals surface area contributed by atoms with Crippen LogP contribution in [0.5, 0.6) is 0 Å². The first-order chi connectivity index (χ1) is 7.47. The van der Waals surface area contributed by atoms with Gasteiger partial charge in [-0.3, -0.25) is 10.1 Å². The lowest BCUT2D eigenvalue weighted by Gasteiger charge is -2.23. The van der Waals surface area contributed by atoms with Crippen molar-refractivity contribution < 1.29 is 9.53 Å². The summed E-state index contributed by atoms with van der Waals surface area (Å²) in [7, 11) is 1.38. The van der Waals surface area contributed by atoms with E-state index in [0.717, 1.165) is 5.56 Å². The van der Waals surface area contributed by atoms with E-state index in [-0.39, 0.29) is 5.97 Å². The van der Waals surface area contributed by atoms with Crippen molar-refractivity contribution in [3.63, 3.8) is 0 Å². The molecule has 0 heterocycles. The van der Waals surface area contributed by atoms with Gasteiger partial charge in [0.15, 0.2) is 0 Å². The zero-order valence-corrected chi connectivity index (χ0v) is 10.5. The quantitative estimate of drug-likeness (QED) is 0.823. The summed E-state index contributed by atoms with van der Waals surface area (Å²) < 4.78 is 4.70. The molecule has 1 aromatic rings. The summed E-state index contributed by atoms with van der Waals surface area (Å²) in [5.41, 5.74) is 0.245. The number of benzene rings is 1. The summed E-state index contributed by atoms with van der Waals surface area (Å²) >= 11 is 6.01. The van der Waals surface area contributed by atoms with E-state index < -0.39 is 5.54 Å². The van der Waals surface area contributed by atoms with E-state index in [2.05, 4.69) is 5.32 Å². The molecule has 0 spiro atoms. The third kappa shape index (κ3) is 3.22. The molecule has 1 N–H and O–H groups in total. The Morgan fingerprint density at radius 1 is 1.44 bits per heavy atom. The van der Waals surface area contributed by atoms with Crippen LogP contribution in [0, 0.1) is 0 Å². The first kappa shape index (κ1) is 13.0. The molecule has 0 atom stereocenters. The lowest BCUT2D eigenvalue weighted by Crippen LogP contribution is -2.46. The monoisotopic (exact) mass is 241 g/mol. The van der Waals surface area contributed by atoms with Crippen LogP contribution < -0.4 is 5.32 Å². The Balaban J connectivity index is 2.65. The summed E-state index contributed by atoms with van der Waals surface area (Å²) in [6.07, 6.45) is 0. The molecule has 0 saturated carbocycles. The molecule has 0 aliphatic rings. The van der Waals surface area contributed by atoms with Gasteiger partial charge in [-0.2, -0.15) is 0 Å². The minimum Gasteiger partial charge on any atom is -0.468 e.